The van der Waals surface area contributed by atoms with Crippen molar-refractivity contribution >= 4 is 17.5 Å². The lowest BCUT2D eigenvalue weighted by molar-refractivity contribution is 0.0166. The number of primary amides is 1. The zero-order chi connectivity index (χ0) is 26.3. The number of benzene rings is 2. The van der Waals surface area contributed by atoms with Gasteiger partial charge in [0, 0.05) is 42.8 Å². The first-order valence-corrected chi connectivity index (χ1v) is 13.3. The largest absolute Gasteiger partial charge is 0.497 e. The third-order valence-corrected chi connectivity index (χ3v) is 8.30. The van der Waals surface area contributed by atoms with Gasteiger partial charge in [0.25, 0.3) is 11.8 Å². The summed E-state index contributed by atoms with van der Waals surface area (Å²) in [6.07, 6.45) is 4.12. The molecule has 3 aliphatic rings. The van der Waals surface area contributed by atoms with Crippen LogP contribution in [-0.4, -0.2) is 73.0 Å². The van der Waals surface area contributed by atoms with Crippen LogP contribution < -0.4 is 15.4 Å². The predicted molar refractivity (Wildman–Crippen MR) is 143 cm³/mol. The van der Waals surface area contributed by atoms with E-state index < -0.39 is 5.91 Å². The van der Waals surface area contributed by atoms with E-state index in [0.29, 0.717) is 35.7 Å². The molecular formula is C29H33N5O4. The summed E-state index contributed by atoms with van der Waals surface area (Å²) in [5.74, 6) is -0.137. The standard InChI is InChI=1S/C29H33N5O4/c1-37-23-9-7-22(8-10-23)34-26-24(25(31-34)27(30)35)11-14-33(28(26)36)21-5-3-20(4-6-21)29(12-2-13-29)19-32-15-17-38-18-16-32/h3-10H,2,11-19H2,1H3,(H2,30,35). The lowest BCUT2D eigenvalue weighted by Gasteiger charge is -2.46. The van der Waals surface area contributed by atoms with Gasteiger partial charge in [-0.25, -0.2) is 4.68 Å². The molecule has 3 aromatic rings. The van der Waals surface area contributed by atoms with Crippen molar-refractivity contribution in [3.63, 3.8) is 0 Å². The van der Waals surface area contributed by atoms with Gasteiger partial charge in [0.15, 0.2) is 5.69 Å². The van der Waals surface area contributed by atoms with Crippen molar-refractivity contribution in [3.05, 3.63) is 71.0 Å². The van der Waals surface area contributed by atoms with Crippen LogP contribution in [0.1, 0.15) is 51.4 Å². The molecule has 2 N–H and O–H groups in total. The molecule has 0 unspecified atom stereocenters. The van der Waals surface area contributed by atoms with E-state index in [1.807, 2.05) is 12.1 Å². The smallest absolute Gasteiger partial charge is 0.277 e. The molecule has 9 nitrogen and oxygen atoms in total. The van der Waals surface area contributed by atoms with Crippen LogP contribution in [0.15, 0.2) is 48.5 Å². The number of hydrogen-bond donors (Lipinski definition) is 1. The highest BCUT2D eigenvalue weighted by molar-refractivity contribution is 6.09. The van der Waals surface area contributed by atoms with Crippen LogP contribution in [-0.2, 0) is 16.6 Å². The molecule has 2 aliphatic heterocycles. The normalized spacial score (nSPS) is 19.1. The highest BCUT2D eigenvalue weighted by Crippen LogP contribution is 2.45. The minimum atomic E-state index is -0.634. The quantitative estimate of drug-likeness (QED) is 0.519. The van der Waals surface area contributed by atoms with E-state index in [1.54, 1.807) is 24.1 Å². The Kier molecular flexibility index (Phi) is 6.41. The Morgan fingerprint density at radius 2 is 1.71 bits per heavy atom. The summed E-state index contributed by atoms with van der Waals surface area (Å²) in [6, 6.07) is 15.7. The first-order chi connectivity index (χ1) is 18.5. The van der Waals surface area contributed by atoms with Gasteiger partial charge < -0.3 is 20.1 Å². The molecule has 3 heterocycles. The van der Waals surface area contributed by atoms with Crippen LogP contribution in [0, 0.1) is 0 Å². The van der Waals surface area contributed by atoms with Crippen molar-refractivity contribution in [3.8, 4) is 11.4 Å². The van der Waals surface area contributed by atoms with Crippen LogP contribution in [0.4, 0.5) is 5.69 Å². The number of fused-ring (bicyclic) bond motifs is 1. The van der Waals surface area contributed by atoms with E-state index in [9.17, 15) is 9.59 Å². The van der Waals surface area contributed by atoms with Gasteiger partial charge in [0.1, 0.15) is 11.4 Å². The molecule has 1 saturated heterocycles. The second kappa shape index (κ2) is 9.89. The predicted octanol–water partition coefficient (Wildman–Crippen LogP) is 2.94. The summed E-state index contributed by atoms with van der Waals surface area (Å²) < 4.78 is 12.3. The average molecular weight is 516 g/mol. The summed E-state index contributed by atoms with van der Waals surface area (Å²) in [5.41, 5.74) is 9.78. The molecule has 6 rings (SSSR count). The van der Waals surface area contributed by atoms with Gasteiger partial charge in [0.05, 0.1) is 26.0 Å². The number of nitrogens with two attached hydrogens (primary N) is 1. The highest BCUT2D eigenvalue weighted by Gasteiger charge is 2.41. The van der Waals surface area contributed by atoms with Crippen molar-refractivity contribution < 1.29 is 19.1 Å². The van der Waals surface area contributed by atoms with E-state index in [2.05, 4.69) is 34.3 Å². The van der Waals surface area contributed by atoms with Crippen molar-refractivity contribution in [1.82, 2.24) is 14.7 Å². The summed E-state index contributed by atoms with van der Waals surface area (Å²) in [5, 5.41) is 4.46. The molecule has 9 heteroatoms. The molecule has 2 fully saturated rings. The summed E-state index contributed by atoms with van der Waals surface area (Å²) in [4.78, 5) is 30.3. The molecule has 1 aromatic heterocycles. The Hall–Kier alpha value is -3.69. The minimum absolute atomic E-state index is 0.147. The molecule has 0 bridgehead atoms. The second-order valence-electron chi connectivity index (χ2n) is 10.4. The van der Waals surface area contributed by atoms with E-state index in [4.69, 9.17) is 15.2 Å². The molecule has 0 radical (unpaired) electrons. The molecule has 198 valence electrons. The molecule has 38 heavy (non-hydrogen) atoms. The van der Waals surface area contributed by atoms with Gasteiger partial charge in [-0.05, 0) is 61.2 Å². The molecule has 1 saturated carbocycles. The topological polar surface area (TPSA) is 103 Å². The second-order valence-corrected chi connectivity index (χ2v) is 10.4. The summed E-state index contributed by atoms with van der Waals surface area (Å²) >= 11 is 0. The van der Waals surface area contributed by atoms with Crippen molar-refractivity contribution in [2.45, 2.75) is 31.1 Å². The maximum absolute atomic E-state index is 13.9. The molecule has 0 atom stereocenters. The maximum atomic E-state index is 13.9. The van der Waals surface area contributed by atoms with E-state index in [0.717, 1.165) is 38.5 Å². The fourth-order valence-electron chi connectivity index (χ4n) is 6.04. The van der Waals surface area contributed by atoms with Crippen molar-refractivity contribution in [2.75, 3.05) is 51.4 Å². The zero-order valence-electron chi connectivity index (χ0n) is 21.7. The number of rotatable bonds is 7. The third kappa shape index (κ3) is 4.25. The van der Waals surface area contributed by atoms with E-state index >= 15 is 0 Å². The van der Waals surface area contributed by atoms with Crippen LogP contribution >= 0.6 is 0 Å². The number of carbonyl (C=O) groups is 2. The lowest BCUT2D eigenvalue weighted by atomic mass is 9.64. The first-order valence-electron chi connectivity index (χ1n) is 13.3. The lowest BCUT2D eigenvalue weighted by Crippen LogP contribution is -2.49. The van der Waals surface area contributed by atoms with Gasteiger partial charge in [-0.15, -0.1) is 0 Å². The van der Waals surface area contributed by atoms with E-state index in [1.165, 1.54) is 29.5 Å². The number of carbonyl (C=O) groups excluding carboxylic acids is 2. The summed E-state index contributed by atoms with van der Waals surface area (Å²) in [6.45, 7) is 5.09. The monoisotopic (exact) mass is 515 g/mol. The van der Waals surface area contributed by atoms with Crippen molar-refractivity contribution in [2.24, 2.45) is 5.73 Å². The number of aromatic nitrogens is 2. The van der Waals surface area contributed by atoms with Crippen LogP contribution in [0.25, 0.3) is 5.69 Å². The van der Waals surface area contributed by atoms with Crippen molar-refractivity contribution in [1.29, 1.82) is 0 Å². The van der Waals surface area contributed by atoms with Crippen LogP contribution in [0.5, 0.6) is 5.75 Å². The number of anilines is 1. The Bertz CT molecular complexity index is 1340. The fourth-order valence-corrected chi connectivity index (χ4v) is 6.04. The number of morpholine rings is 1. The fraction of sp³-hybridized carbons (Fsp3) is 0.414. The number of methoxy groups -OCH3 is 1. The Morgan fingerprint density at radius 1 is 1.03 bits per heavy atom. The van der Waals surface area contributed by atoms with Gasteiger partial charge in [0.2, 0.25) is 0 Å². The zero-order valence-corrected chi connectivity index (χ0v) is 21.7. The van der Waals surface area contributed by atoms with Gasteiger partial charge in [-0.3, -0.25) is 14.5 Å². The Labute approximate surface area is 222 Å². The summed E-state index contributed by atoms with van der Waals surface area (Å²) in [7, 11) is 1.60. The van der Waals surface area contributed by atoms with Crippen LogP contribution in [0.3, 0.4) is 0 Å². The van der Waals surface area contributed by atoms with E-state index in [-0.39, 0.29) is 17.0 Å². The Morgan fingerprint density at radius 3 is 2.32 bits per heavy atom. The molecular weight excluding hydrogens is 482 g/mol. The number of ether oxygens (including phenoxy) is 2. The average Bonchev–Trinajstić information content (AvgIpc) is 3.33. The first kappa shape index (κ1) is 24.6. The SMILES string of the molecule is COc1ccc(-n2nc(C(N)=O)c3c2C(=O)N(c2ccc(C4(CN5CCOCC5)CCC4)cc2)CC3)cc1. The minimum Gasteiger partial charge on any atom is -0.497 e. The Balaban J connectivity index is 1.29. The van der Waals surface area contributed by atoms with Gasteiger partial charge in [-0.1, -0.05) is 18.6 Å². The van der Waals surface area contributed by atoms with Gasteiger partial charge in [-0.2, -0.15) is 5.10 Å². The van der Waals surface area contributed by atoms with Crippen LogP contribution in [0.2, 0.25) is 0 Å². The molecule has 2 aromatic carbocycles. The maximum Gasteiger partial charge on any atom is 0.277 e. The van der Waals surface area contributed by atoms with Gasteiger partial charge >= 0.3 is 0 Å². The number of amides is 2. The molecule has 0 spiro atoms. The molecule has 1 aliphatic carbocycles. The highest BCUT2D eigenvalue weighted by atomic mass is 16.5. The third-order valence-electron chi connectivity index (χ3n) is 8.30. The molecule has 2 amide bonds. The number of nitrogens with zero attached hydrogens (tertiary/aromatic N) is 4. The number of hydrogen-bond acceptors (Lipinski definition) is 6.